The summed E-state index contributed by atoms with van der Waals surface area (Å²) in [6, 6.07) is 20.2. The van der Waals surface area contributed by atoms with E-state index in [1.54, 1.807) is 44.5 Å². The third kappa shape index (κ3) is 5.34. The zero-order valence-corrected chi connectivity index (χ0v) is 22.9. The molecule has 0 saturated carbocycles. The lowest BCUT2D eigenvalue weighted by Gasteiger charge is -2.33. The number of hydrogen-bond acceptors (Lipinski definition) is 6. The van der Waals surface area contributed by atoms with Gasteiger partial charge in [-0.3, -0.25) is 13.9 Å². The third-order valence-corrected chi connectivity index (χ3v) is 6.86. The molecule has 1 aliphatic heterocycles. The summed E-state index contributed by atoms with van der Waals surface area (Å²) >= 11 is 0. The fourth-order valence-corrected chi connectivity index (χ4v) is 5.16. The van der Waals surface area contributed by atoms with Crippen LogP contribution in [0.5, 0.6) is 11.5 Å². The Morgan fingerprint density at radius 1 is 1.10 bits per heavy atom. The maximum absolute atomic E-state index is 14.0. The predicted octanol–water partition coefficient (Wildman–Crippen LogP) is 5.22. The minimum absolute atomic E-state index is 0.120. The van der Waals surface area contributed by atoms with Crippen LogP contribution in [-0.4, -0.2) is 38.0 Å². The maximum atomic E-state index is 14.0. The van der Waals surface area contributed by atoms with E-state index >= 15 is 0 Å². The molecule has 1 fully saturated rings. The number of benzene rings is 2. The van der Waals surface area contributed by atoms with E-state index in [9.17, 15) is 14.9 Å². The van der Waals surface area contributed by atoms with Crippen LogP contribution in [0.2, 0.25) is 0 Å². The monoisotopic (exact) mass is 536 g/mol. The van der Waals surface area contributed by atoms with Crippen molar-refractivity contribution in [3.8, 4) is 23.3 Å². The van der Waals surface area contributed by atoms with Gasteiger partial charge in [0.2, 0.25) is 0 Å². The molecule has 9 nitrogen and oxygen atoms in total. The van der Waals surface area contributed by atoms with Crippen molar-refractivity contribution in [1.29, 1.82) is 5.26 Å². The standard InChI is InChI=1S/C31H32N6O3/c1-31(2,3)18-21(19-32)29(38)35-17-7-8-23(20-35)36-26-15-16-34-28(33)27(26)37(30(36)39)22-11-13-25(14-12-22)40-24-9-5-4-6-10-24/h4-6,9-16,18,23H,7-8,17,20H2,1-3H3,(H2,33,34)/b21-18+/t23-/m1/s1. The number of piperidine rings is 1. The van der Waals surface area contributed by atoms with Gasteiger partial charge in [0, 0.05) is 19.3 Å². The van der Waals surface area contributed by atoms with Crippen molar-refractivity contribution in [2.45, 2.75) is 39.7 Å². The molecule has 4 aromatic rings. The quantitative estimate of drug-likeness (QED) is 0.276. The number of nitrogens with zero attached hydrogens (tertiary/aromatic N) is 5. The van der Waals surface area contributed by atoms with Gasteiger partial charge in [-0.15, -0.1) is 0 Å². The molecule has 0 aliphatic carbocycles. The first-order valence-corrected chi connectivity index (χ1v) is 13.3. The number of pyridine rings is 1. The zero-order chi connectivity index (χ0) is 28.4. The molecule has 0 bridgehead atoms. The second kappa shape index (κ2) is 10.7. The van der Waals surface area contributed by atoms with E-state index in [0.29, 0.717) is 54.2 Å². The average molecular weight is 537 g/mol. The number of anilines is 1. The van der Waals surface area contributed by atoms with Gasteiger partial charge in [-0.1, -0.05) is 45.0 Å². The van der Waals surface area contributed by atoms with Crippen molar-refractivity contribution in [2.24, 2.45) is 5.41 Å². The van der Waals surface area contributed by atoms with Crippen LogP contribution in [0, 0.1) is 16.7 Å². The lowest BCUT2D eigenvalue weighted by atomic mass is 9.93. The molecule has 1 aliphatic rings. The molecule has 0 radical (unpaired) electrons. The summed E-state index contributed by atoms with van der Waals surface area (Å²) in [5, 5.41) is 9.67. The van der Waals surface area contributed by atoms with Gasteiger partial charge >= 0.3 is 5.69 Å². The smallest absolute Gasteiger partial charge is 0.334 e. The number of fused-ring (bicyclic) bond motifs is 1. The van der Waals surface area contributed by atoms with Crippen molar-refractivity contribution in [1.82, 2.24) is 19.0 Å². The topological polar surface area (TPSA) is 119 Å². The van der Waals surface area contributed by atoms with Gasteiger partial charge in [0.1, 0.15) is 34.5 Å². The van der Waals surface area contributed by atoms with Crippen LogP contribution in [0.25, 0.3) is 16.7 Å². The number of aromatic nitrogens is 3. The summed E-state index contributed by atoms with van der Waals surface area (Å²) in [7, 11) is 0. The second-order valence-electron chi connectivity index (χ2n) is 11.0. The Hall–Kier alpha value is -4.84. The summed E-state index contributed by atoms with van der Waals surface area (Å²) in [6.07, 6.45) is 4.70. The highest BCUT2D eigenvalue weighted by Crippen LogP contribution is 2.30. The number of hydrogen-bond donors (Lipinski definition) is 1. The minimum atomic E-state index is -0.313. The Kier molecular flexibility index (Phi) is 7.18. The fourth-order valence-electron chi connectivity index (χ4n) is 5.16. The summed E-state index contributed by atoms with van der Waals surface area (Å²) < 4.78 is 9.18. The van der Waals surface area contributed by atoms with Crippen LogP contribution < -0.4 is 16.2 Å². The molecule has 0 spiro atoms. The molecular formula is C31H32N6O3. The van der Waals surface area contributed by atoms with Gasteiger partial charge in [0.15, 0.2) is 0 Å². The zero-order valence-electron chi connectivity index (χ0n) is 22.9. The van der Waals surface area contributed by atoms with E-state index in [0.717, 1.165) is 0 Å². The first-order chi connectivity index (χ1) is 19.2. The van der Waals surface area contributed by atoms with E-state index in [1.807, 2.05) is 63.2 Å². The highest BCUT2D eigenvalue weighted by atomic mass is 16.5. The molecule has 0 unspecified atom stereocenters. The van der Waals surface area contributed by atoms with Gasteiger partial charge in [-0.05, 0) is 60.7 Å². The van der Waals surface area contributed by atoms with Crippen molar-refractivity contribution in [2.75, 3.05) is 18.8 Å². The van der Waals surface area contributed by atoms with Gasteiger partial charge in [-0.2, -0.15) is 5.26 Å². The number of nitrogens with two attached hydrogens (primary N) is 1. The highest BCUT2D eigenvalue weighted by molar-refractivity contribution is 5.97. The first kappa shape index (κ1) is 26.8. The van der Waals surface area contributed by atoms with Gasteiger partial charge < -0.3 is 15.4 Å². The Labute approximate surface area is 232 Å². The number of nitriles is 1. The number of carbonyl (C=O) groups excluding carboxylic acids is 1. The lowest BCUT2D eigenvalue weighted by Crippen LogP contribution is -2.43. The minimum Gasteiger partial charge on any atom is -0.457 e. The number of rotatable bonds is 5. The summed E-state index contributed by atoms with van der Waals surface area (Å²) in [5.74, 6) is 1.28. The Bertz CT molecular complexity index is 1670. The van der Waals surface area contributed by atoms with Crippen LogP contribution in [0.15, 0.2) is 83.3 Å². The van der Waals surface area contributed by atoms with Crippen LogP contribution >= 0.6 is 0 Å². The fraction of sp³-hybridized carbons (Fsp3) is 0.290. The maximum Gasteiger partial charge on any atom is 0.334 e. The molecule has 204 valence electrons. The average Bonchev–Trinajstić information content (AvgIpc) is 3.25. The summed E-state index contributed by atoms with van der Waals surface area (Å²) in [4.78, 5) is 33.2. The second-order valence-corrected chi connectivity index (χ2v) is 11.0. The Morgan fingerprint density at radius 3 is 2.48 bits per heavy atom. The number of ether oxygens (including phenoxy) is 1. The van der Waals surface area contributed by atoms with Crippen molar-refractivity contribution >= 4 is 22.8 Å². The first-order valence-electron chi connectivity index (χ1n) is 13.3. The van der Waals surface area contributed by atoms with E-state index < -0.39 is 0 Å². The molecule has 40 heavy (non-hydrogen) atoms. The molecule has 9 heteroatoms. The van der Waals surface area contributed by atoms with Crippen molar-refractivity contribution in [3.63, 3.8) is 0 Å². The molecule has 2 aromatic heterocycles. The molecule has 3 heterocycles. The lowest BCUT2D eigenvalue weighted by molar-refractivity contribution is -0.128. The summed E-state index contributed by atoms with van der Waals surface area (Å²) in [5.41, 5.74) is 7.63. The highest BCUT2D eigenvalue weighted by Gasteiger charge is 2.31. The van der Waals surface area contributed by atoms with E-state index in [-0.39, 0.29) is 34.4 Å². The number of nitrogen functional groups attached to an aromatic ring is 1. The van der Waals surface area contributed by atoms with Crippen LogP contribution in [-0.2, 0) is 4.79 Å². The number of carbonyl (C=O) groups is 1. The molecule has 2 N–H and O–H groups in total. The molecule has 1 saturated heterocycles. The van der Waals surface area contributed by atoms with Gasteiger partial charge in [0.25, 0.3) is 5.91 Å². The molecule has 1 atom stereocenters. The number of imidazole rings is 1. The van der Waals surface area contributed by atoms with E-state index in [4.69, 9.17) is 10.5 Å². The number of para-hydroxylation sites is 1. The molecule has 5 rings (SSSR count). The largest absolute Gasteiger partial charge is 0.457 e. The molecular weight excluding hydrogens is 504 g/mol. The van der Waals surface area contributed by atoms with Crippen molar-refractivity contribution < 1.29 is 9.53 Å². The van der Waals surface area contributed by atoms with E-state index in [1.165, 1.54) is 0 Å². The van der Waals surface area contributed by atoms with Crippen LogP contribution in [0.3, 0.4) is 0 Å². The molecule has 2 aromatic carbocycles. The van der Waals surface area contributed by atoms with Gasteiger partial charge in [-0.25, -0.2) is 9.78 Å². The number of amides is 1. The third-order valence-electron chi connectivity index (χ3n) is 6.86. The van der Waals surface area contributed by atoms with Gasteiger partial charge in [0.05, 0.1) is 17.2 Å². The normalized spacial score (nSPS) is 16.1. The number of allylic oxidation sites excluding steroid dienone is 1. The molecule has 1 amide bonds. The summed E-state index contributed by atoms with van der Waals surface area (Å²) in [6.45, 7) is 6.68. The van der Waals surface area contributed by atoms with Crippen LogP contribution in [0.4, 0.5) is 5.82 Å². The number of likely N-dealkylation sites (tertiary alicyclic amines) is 1. The Balaban J connectivity index is 1.51. The van der Waals surface area contributed by atoms with Crippen molar-refractivity contribution in [3.05, 3.63) is 89.0 Å². The van der Waals surface area contributed by atoms with E-state index in [2.05, 4.69) is 11.1 Å². The Morgan fingerprint density at radius 2 is 1.80 bits per heavy atom. The van der Waals surface area contributed by atoms with Crippen LogP contribution in [0.1, 0.15) is 39.7 Å². The predicted molar refractivity (Wildman–Crippen MR) is 154 cm³/mol. The SMILES string of the molecule is CC(C)(C)/C=C(\C#N)C(=O)N1CCC[C@@H](n2c(=O)n(-c3ccc(Oc4ccccc4)cc3)c3c(N)nccc32)C1.